The van der Waals surface area contributed by atoms with Gasteiger partial charge in [0.1, 0.15) is 0 Å². The smallest absolute Gasteiger partial charge is 0.159 e. The van der Waals surface area contributed by atoms with Gasteiger partial charge >= 0.3 is 0 Å². The largest absolute Gasteiger partial charge is 0.298 e. The predicted octanol–water partition coefficient (Wildman–Crippen LogP) is 3.67. The van der Waals surface area contributed by atoms with Crippen LogP contribution >= 0.6 is 0 Å². The molecule has 24 heavy (non-hydrogen) atoms. The lowest BCUT2D eigenvalue weighted by Gasteiger charge is -2.53. The third kappa shape index (κ3) is 3.21. The minimum atomic E-state index is -0.773. The highest BCUT2D eigenvalue weighted by Gasteiger charge is 2.42. The lowest BCUT2D eigenvalue weighted by molar-refractivity contribution is -0.0515. The van der Waals surface area contributed by atoms with E-state index in [1.54, 1.807) is 6.07 Å². The van der Waals surface area contributed by atoms with E-state index >= 15 is 0 Å². The molecule has 0 N–H and O–H groups in total. The lowest BCUT2D eigenvalue weighted by Crippen LogP contribution is -2.63. The van der Waals surface area contributed by atoms with E-state index in [9.17, 15) is 8.78 Å². The van der Waals surface area contributed by atoms with Crippen molar-refractivity contribution >= 4 is 0 Å². The highest BCUT2D eigenvalue weighted by Crippen LogP contribution is 2.34. The molecule has 2 nitrogen and oxygen atoms in total. The summed E-state index contributed by atoms with van der Waals surface area (Å²) in [4.78, 5) is 4.91. The fourth-order valence-corrected chi connectivity index (χ4v) is 4.01. The number of benzene rings is 2. The molecule has 2 aliphatic heterocycles. The Bertz CT molecular complexity index is 704. The second-order valence-electron chi connectivity index (χ2n) is 7.01. The van der Waals surface area contributed by atoms with E-state index in [0.717, 1.165) is 31.1 Å². The Kier molecular flexibility index (Phi) is 4.33. The molecule has 0 spiro atoms. The van der Waals surface area contributed by atoms with Crippen molar-refractivity contribution in [1.82, 2.24) is 9.80 Å². The van der Waals surface area contributed by atoms with Crippen molar-refractivity contribution in [3.63, 3.8) is 0 Å². The fourth-order valence-electron chi connectivity index (χ4n) is 4.01. The van der Waals surface area contributed by atoms with E-state index in [0.29, 0.717) is 12.6 Å². The summed E-state index contributed by atoms with van der Waals surface area (Å²) in [6, 6.07) is 15.4. The first-order chi connectivity index (χ1) is 11.7. The summed E-state index contributed by atoms with van der Waals surface area (Å²) in [5.41, 5.74) is 2.20. The van der Waals surface area contributed by atoms with E-state index in [2.05, 4.69) is 34.1 Å². The molecule has 126 valence electrons. The summed E-state index contributed by atoms with van der Waals surface area (Å²) in [6.45, 7) is 4.93. The molecule has 2 heterocycles. The first-order valence-electron chi connectivity index (χ1n) is 8.63. The molecule has 0 aromatic heterocycles. The molecule has 2 atom stereocenters. The number of piperidine rings is 1. The first-order valence-corrected chi connectivity index (χ1v) is 8.63. The van der Waals surface area contributed by atoms with Crippen molar-refractivity contribution in [1.29, 1.82) is 0 Å². The van der Waals surface area contributed by atoms with Crippen molar-refractivity contribution in [2.24, 2.45) is 5.92 Å². The summed E-state index contributed by atoms with van der Waals surface area (Å²) in [5.74, 6) is -0.739. The van der Waals surface area contributed by atoms with E-state index in [1.807, 2.05) is 6.07 Å². The summed E-state index contributed by atoms with van der Waals surface area (Å²) in [6.07, 6.45) is 1.19. The molecule has 4 rings (SSSR count). The van der Waals surface area contributed by atoms with Gasteiger partial charge in [-0.2, -0.15) is 0 Å². The van der Waals surface area contributed by atoms with Crippen LogP contribution in [-0.2, 0) is 13.1 Å². The molecule has 0 saturated carbocycles. The predicted molar refractivity (Wildman–Crippen MR) is 90.4 cm³/mol. The number of hydrogen-bond acceptors (Lipinski definition) is 2. The molecule has 4 heteroatoms. The Morgan fingerprint density at radius 1 is 0.875 bits per heavy atom. The van der Waals surface area contributed by atoms with Gasteiger partial charge in [-0.15, -0.1) is 0 Å². The minimum Gasteiger partial charge on any atom is -0.298 e. The zero-order valence-corrected chi connectivity index (χ0v) is 13.7. The second-order valence-corrected chi connectivity index (χ2v) is 7.01. The van der Waals surface area contributed by atoms with Gasteiger partial charge in [-0.05, 0) is 42.1 Å². The van der Waals surface area contributed by atoms with Crippen LogP contribution in [0.4, 0.5) is 8.78 Å². The van der Waals surface area contributed by atoms with Gasteiger partial charge in [0.25, 0.3) is 0 Å². The van der Waals surface area contributed by atoms with Crippen LogP contribution in [-0.4, -0.2) is 35.5 Å². The van der Waals surface area contributed by atoms with Crippen LogP contribution in [0.3, 0.4) is 0 Å². The summed E-state index contributed by atoms with van der Waals surface area (Å²) < 4.78 is 26.4. The zero-order valence-electron chi connectivity index (χ0n) is 13.7. The summed E-state index contributed by atoms with van der Waals surface area (Å²) in [5, 5.41) is 0. The van der Waals surface area contributed by atoms with Crippen molar-refractivity contribution in [2.45, 2.75) is 25.6 Å². The molecule has 0 radical (unpaired) electrons. The van der Waals surface area contributed by atoms with Crippen LogP contribution in [0.25, 0.3) is 0 Å². The third-order valence-electron chi connectivity index (χ3n) is 5.36. The van der Waals surface area contributed by atoms with E-state index < -0.39 is 11.6 Å². The van der Waals surface area contributed by atoms with Crippen LogP contribution in [0.15, 0.2) is 48.5 Å². The molecule has 0 unspecified atom stereocenters. The average molecular weight is 328 g/mol. The molecule has 0 bridgehead atoms. The number of fused-ring (bicyclic) bond motifs is 1. The molecule has 0 aliphatic carbocycles. The molecule has 2 aromatic rings. The maximum atomic E-state index is 13.4. The van der Waals surface area contributed by atoms with Crippen molar-refractivity contribution < 1.29 is 8.78 Å². The standard InChI is InChI=1S/C20H22F2N2/c21-18-7-6-16(10-19(18)22)11-23-9-8-17-13-24(20(17)14-23)12-15-4-2-1-3-5-15/h1-7,10,17,20H,8-9,11-14H2/t17-,20-/m1/s1. The van der Waals surface area contributed by atoms with Crippen LogP contribution < -0.4 is 0 Å². The molecule has 2 aliphatic rings. The monoisotopic (exact) mass is 328 g/mol. The molecule has 2 aromatic carbocycles. The van der Waals surface area contributed by atoms with Crippen LogP contribution in [0.2, 0.25) is 0 Å². The Hall–Kier alpha value is -1.78. The van der Waals surface area contributed by atoms with Gasteiger partial charge in [-0.1, -0.05) is 36.4 Å². The average Bonchev–Trinajstić information content (AvgIpc) is 2.58. The lowest BCUT2D eigenvalue weighted by atomic mass is 9.82. The third-order valence-corrected chi connectivity index (χ3v) is 5.36. The quantitative estimate of drug-likeness (QED) is 0.845. The Labute approximate surface area is 141 Å². The van der Waals surface area contributed by atoms with Crippen LogP contribution in [0.1, 0.15) is 17.5 Å². The number of hydrogen-bond donors (Lipinski definition) is 0. The Morgan fingerprint density at radius 3 is 2.50 bits per heavy atom. The fraction of sp³-hybridized carbons (Fsp3) is 0.400. The van der Waals surface area contributed by atoms with E-state index in [-0.39, 0.29) is 0 Å². The molecule has 0 amide bonds. The molecular formula is C20H22F2N2. The SMILES string of the molecule is Fc1ccc(CN2CC[C@@H]3CN(Cc4ccccc4)[C@@H]3C2)cc1F. The number of halogens is 2. The first kappa shape index (κ1) is 15.7. The Morgan fingerprint density at radius 2 is 1.71 bits per heavy atom. The second kappa shape index (κ2) is 6.61. The van der Waals surface area contributed by atoms with Crippen molar-refractivity contribution in [3.05, 3.63) is 71.3 Å². The van der Waals surface area contributed by atoms with Gasteiger partial charge in [-0.3, -0.25) is 9.80 Å². The maximum Gasteiger partial charge on any atom is 0.159 e. The Balaban J connectivity index is 1.37. The van der Waals surface area contributed by atoms with E-state index in [1.165, 1.54) is 30.7 Å². The normalized spacial score (nSPS) is 24.4. The van der Waals surface area contributed by atoms with Gasteiger partial charge in [0.05, 0.1) is 0 Å². The van der Waals surface area contributed by atoms with Gasteiger partial charge in [0.15, 0.2) is 11.6 Å². The van der Waals surface area contributed by atoms with Gasteiger partial charge in [0.2, 0.25) is 0 Å². The number of likely N-dealkylation sites (tertiary alicyclic amines) is 2. The summed E-state index contributed by atoms with van der Waals surface area (Å²) >= 11 is 0. The van der Waals surface area contributed by atoms with Crippen molar-refractivity contribution in [2.75, 3.05) is 19.6 Å². The van der Waals surface area contributed by atoms with E-state index in [4.69, 9.17) is 0 Å². The van der Waals surface area contributed by atoms with Gasteiger partial charge < -0.3 is 0 Å². The van der Waals surface area contributed by atoms with Crippen LogP contribution in [0.5, 0.6) is 0 Å². The molecular weight excluding hydrogens is 306 g/mol. The van der Waals surface area contributed by atoms with Crippen LogP contribution in [0, 0.1) is 17.6 Å². The number of rotatable bonds is 4. The zero-order chi connectivity index (χ0) is 16.5. The van der Waals surface area contributed by atoms with Gasteiger partial charge in [0, 0.05) is 32.2 Å². The highest BCUT2D eigenvalue weighted by molar-refractivity contribution is 5.18. The molecule has 2 saturated heterocycles. The number of nitrogens with zero attached hydrogens (tertiary/aromatic N) is 2. The topological polar surface area (TPSA) is 6.48 Å². The molecule has 2 fully saturated rings. The summed E-state index contributed by atoms with van der Waals surface area (Å²) in [7, 11) is 0. The maximum absolute atomic E-state index is 13.4. The minimum absolute atomic E-state index is 0.587. The van der Waals surface area contributed by atoms with Gasteiger partial charge in [-0.25, -0.2) is 8.78 Å². The van der Waals surface area contributed by atoms with Crippen molar-refractivity contribution in [3.8, 4) is 0 Å². The highest BCUT2D eigenvalue weighted by atomic mass is 19.2.